The van der Waals surface area contributed by atoms with Gasteiger partial charge in [0.2, 0.25) is 0 Å². The summed E-state index contributed by atoms with van der Waals surface area (Å²) in [7, 11) is 1.46. The van der Waals surface area contributed by atoms with Gasteiger partial charge in [-0.25, -0.2) is 13.4 Å². The second-order valence-corrected chi connectivity index (χ2v) is 10.4. The van der Waals surface area contributed by atoms with Crippen LogP contribution in [0.2, 0.25) is 0 Å². The van der Waals surface area contributed by atoms with Crippen LogP contribution in [-0.4, -0.2) is 42.0 Å². The van der Waals surface area contributed by atoms with Crippen LogP contribution >= 0.6 is 10.7 Å². The fourth-order valence-electron chi connectivity index (χ4n) is 3.51. The van der Waals surface area contributed by atoms with E-state index in [9.17, 15) is 18.4 Å². The Bertz CT molecular complexity index is 1490. The monoisotopic (exact) mass is 529 g/mol. The van der Waals surface area contributed by atoms with Gasteiger partial charge in [0.15, 0.2) is 18.0 Å². The van der Waals surface area contributed by atoms with Gasteiger partial charge in [-0.15, -0.1) is 0 Å². The van der Waals surface area contributed by atoms with Crippen LogP contribution in [0.5, 0.6) is 0 Å². The quantitative estimate of drug-likeness (QED) is 0.123. The molecule has 0 fully saturated rings. The third kappa shape index (κ3) is 6.01. The topological polar surface area (TPSA) is 144 Å². The maximum absolute atomic E-state index is 12.4. The van der Waals surface area contributed by atoms with E-state index in [0.717, 1.165) is 22.3 Å². The largest absolute Gasteiger partial charge is 0.619 e. The zero-order valence-corrected chi connectivity index (χ0v) is 20.9. The highest BCUT2D eigenvalue weighted by Crippen LogP contribution is 2.20. The van der Waals surface area contributed by atoms with E-state index in [1.165, 1.54) is 36.7 Å². The normalized spacial score (nSPS) is 11.4. The summed E-state index contributed by atoms with van der Waals surface area (Å²) in [5.74, 6) is 0.948. The van der Waals surface area contributed by atoms with E-state index >= 15 is 0 Å². The van der Waals surface area contributed by atoms with Crippen LogP contribution in [0.4, 0.5) is 11.6 Å². The van der Waals surface area contributed by atoms with Crippen molar-refractivity contribution in [3.63, 3.8) is 0 Å². The van der Waals surface area contributed by atoms with Gasteiger partial charge in [-0.05, 0) is 36.8 Å². The molecule has 11 nitrogen and oxygen atoms in total. The van der Waals surface area contributed by atoms with Gasteiger partial charge in [0, 0.05) is 59.1 Å². The van der Waals surface area contributed by atoms with E-state index in [2.05, 4.69) is 26.0 Å². The number of aryl methyl sites for hydroxylation is 1. The first-order chi connectivity index (χ1) is 17.2. The Hall–Kier alpha value is -3.90. The van der Waals surface area contributed by atoms with Gasteiger partial charge in [-0.1, -0.05) is 6.92 Å². The molecule has 3 heterocycles. The summed E-state index contributed by atoms with van der Waals surface area (Å²) in [5.41, 5.74) is 2.82. The Morgan fingerprint density at radius 3 is 2.64 bits per heavy atom. The van der Waals surface area contributed by atoms with Gasteiger partial charge in [0.05, 0.1) is 11.1 Å². The third-order valence-corrected chi connectivity index (χ3v) is 6.72. The van der Waals surface area contributed by atoms with Gasteiger partial charge in [0.1, 0.15) is 11.6 Å². The van der Waals surface area contributed by atoms with Crippen molar-refractivity contribution in [2.24, 2.45) is 0 Å². The molecule has 188 valence electrons. The number of anilines is 2. The molecular formula is C23H24ClN7O4S. The lowest BCUT2D eigenvalue weighted by molar-refractivity contribution is -0.605. The fraction of sp³-hybridized carbons (Fsp3) is 0.217. The highest BCUT2D eigenvalue weighted by atomic mass is 35.7. The standard InChI is InChI=1S/C23H24ClN7O4S/c1-2-17-14-28-31-21(27-13-16-4-3-11-30(33)15-16)12-20(29-22(17)31)25-9-10-26-23(32)18-5-7-19(8-6-18)36(24,34)35/h3-8,11-12,14-15,27H,2,9-10,13H2,1H3,(H,25,29)(H,26,32). The van der Waals surface area contributed by atoms with Crippen molar-refractivity contribution in [1.29, 1.82) is 0 Å². The first kappa shape index (κ1) is 25.2. The Morgan fingerprint density at radius 2 is 1.94 bits per heavy atom. The maximum atomic E-state index is 12.4. The van der Waals surface area contributed by atoms with Crippen molar-refractivity contribution in [3.8, 4) is 0 Å². The number of hydrogen-bond donors (Lipinski definition) is 3. The molecule has 0 saturated carbocycles. The number of benzene rings is 1. The van der Waals surface area contributed by atoms with E-state index < -0.39 is 9.05 Å². The maximum Gasteiger partial charge on any atom is 0.261 e. The van der Waals surface area contributed by atoms with E-state index in [0.29, 0.717) is 42.5 Å². The molecule has 4 aromatic rings. The Balaban J connectivity index is 1.40. The third-order valence-electron chi connectivity index (χ3n) is 5.35. The van der Waals surface area contributed by atoms with Crippen LogP contribution in [0, 0.1) is 5.21 Å². The molecule has 0 atom stereocenters. The van der Waals surface area contributed by atoms with Crippen molar-refractivity contribution >= 4 is 42.9 Å². The van der Waals surface area contributed by atoms with Crippen LogP contribution in [-0.2, 0) is 22.0 Å². The number of hydrogen-bond acceptors (Lipinski definition) is 8. The molecule has 0 aliphatic carbocycles. The molecule has 4 rings (SSSR count). The molecule has 3 aromatic heterocycles. The Kier molecular flexibility index (Phi) is 7.55. The molecular weight excluding hydrogens is 506 g/mol. The molecule has 36 heavy (non-hydrogen) atoms. The van der Waals surface area contributed by atoms with Crippen LogP contribution in [0.1, 0.15) is 28.4 Å². The number of fused-ring (bicyclic) bond motifs is 1. The molecule has 1 aromatic carbocycles. The lowest BCUT2D eigenvalue weighted by Gasteiger charge is -2.12. The zero-order valence-electron chi connectivity index (χ0n) is 19.3. The fourth-order valence-corrected chi connectivity index (χ4v) is 4.28. The van der Waals surface area contributed by atoms with Crippen molar-refractivity contribution in [2.75, 3.05) is 23.7 Å². The number of pyridine rings is 1. The SMILES string of the molecule is CCc1cnn2c(NCc3ccc[n+]([O-])c3)cc(NCCNC(=O)c3ccc(S(=O)(=O)Cl)cc3)nc12. The predicted octanol–water partition coefficient (Wildman–Crippen LogP) is 2.31. The van der Waals surface area contributed by atoms with Crippen LogP contribution in [0.3, 0.4) is 0 Å². The molecule has 3 N–H and O–H groups in total. The number of carbonyl (C=O) groups is 1. The number of nitrogens with one attached hydrogen (secondary N) is 3. The van der Waals surface area contributed by atoms with Gasteiger partial charge in [-0.2, -0.15) is 14.3 Å². The van der Waals surface area contributed by atoms with Gasteiger partial charge in [-0.3, -0.25) is 4.79 Å². The average Bonchev–Trinajstić information content (AvgIpc) is 3.28. The summed E-state index contributed by atoms with van der Waals surface area (Å²) in [6, 6.07) is 10.7. The van der Waals surface area contributed by atoms with Gasteiger partial charge < -0.3 is 21.2 Å². The molecule has 0 unspecified atom stereocenters. The summed E-state index contributed by atoms with van der Waals surface area (Å²) in [4.78, 5) is 16.9. The second-order valence-electron chi connectivity index (χ2n) is 7.86. The van der Waals surface area contributed by atoms with E-state index in [-0.39, 0.29) is 10.8 Å². The molecule has 0 bridgehead atoms. The first-order valence-corrected chi connectivity index (χ1v) is 13.4. The minimum Gasteiger partial charge on any atom is -0.619 e. The smallest absolute Gasteiger partial charge is 0.261 e. The van der Waals surface area contributed by atoms with Crippen LogP contribution in [0.15, 0.2) is 66.0 Å². The first-order valence-electron chi connectivity index (χ1n) is 11.1. The number of amides is 1. The van der Waals surface area contributed by atoms with Crippen LogP contribution < -0.4 is 20.7 Å². The van der Waals surface area contributed by atoms with Crippen molar-refractivity contribution < 1.29 is 17.9 Å². The molecule has 0 aliphatic rings. The molecule has 0 saturated heterocycles. The van der Waals surface area contributed by atoms with Gasteiger partial charge >= 0.3 is 0 Å². The lowest BCUT2D eigenvalue weighted by Crippen LogP contribution is -2.29. The molecule has 0 aliphatic heterocycles. The number of rotatable bonds is 10. The summed E-state index contributed by atoms with van der Waals surface area (Å²) in [5, 5.41) is 25.2. The summed E-state index contributed by atoms with van der Waals surface area (Å²) < 4.78 is 25.1. The minimum absolute atomic E-state index is 0.0703. The summed E-state index contributed by atoms with van der Waals surface area (Å²) in [6.45, 7) is 3.14. The molecule has 0 radical (unpaired) electrons. The number of aromatic nitrogens is 4. The second kappa shape index (κ2) is 10.8. The minimum atomic E-state index is -3.84. The summed E-state index contributed by atoms with van der Waals surface area (Å²) in [6.07, 6.45) is 5.45. The van der Waals surface area contributed by atoms with Crippen molar-refractivity contribution in [2.45, 2.75) is 24.8 Å². The highest BCUT2D eigenvalue weighted by molar-refractivity contribution is 8.13. The molecule has 13 heteroatoms. The summed E-state index contributed by atoms with van der Waals surface area (Å²) >= 11 is 0. The lowest BCUT2D eigenvalue weighted by atomic mass is 10.2. The predicted molar refractivity (Wildman–Crippen MR) is 135 cm³/mol. The van der Waals surface area contributed by atoms with E-state index in [1.807, 2.05) is 13.0 Å². The molecule has 1 amide bonds. The van der Waals surface area contributed by atoms with E-state index in [1.54, 1.807) is 22.8 Å². The van der Waals surface area contributed by atoms with Crippen LogP contribution in [0.25, 0.3) is 5.65 Å². The number of nitrogens with zero attached hydrogens (tertiary/aromatic N) is 4. The van der Waals surface area contributed by atoms with E-state index in [4.69, 9.17) is 10.7 Å². The number of carbonyl (C=O) groups excluding carboxylic acids is 1. The Morgan fingerprint density at radius 1 is 1.17 bits per heavy atom. The average molecular weight is 530 g/mol. The van der Waals surface area contributed by atoms with Crippen molar-refractivity contribution in [1.82, 2.24) is 19.9 Å². The Labute approximate surface area is 212 Å². The zero-order chi connectivity index (χ0) is 25.7. The number of halogens is 1. The highest BCUT2D eigenvalue weighted by Gasteiger charge is 2.13. The molecule has 0 spiro atoms. The van der Waals surface area contributed by atoms with Crippen molar-refractivity contribution in [3.05, 3.63) is 83.0 Å². The van der Waals surface area contributed by atoms with Gasteiger partial charge in [0.25, 0.3) is 15.0 Å².